The Hall–Kier alpha value is -3.46. The number of likely N-dealkylation sites (tertiary alicyclic amines) is 1. The molecule has 3 heterocycles. The van der Waals surface area contributed by atoms with E-state index in [4.69, 9.17) is 17.3 Å². The minimum atomic E-state index is -0.540. The third kappa shape index (κ3) is 5.14. The molecule has 4 rings (SSSR count). The first-order chi connectivity index (χ1) is 15.8. The van der Waals surface area contributed by atoms with Crippen LogP contribution in [0, 0.1) is 11.6 Å². The average Bonchev–Trinajstić information content (AvgIpc) is 3.17. The maximum Gasteiger partial charge on any atom is 0.243 e. The number of anilines is 1. The molecular formula is C23H24ClF2N7. The summed E-state index contributed by atoms with van der Waals surface area (Å²) >= 11 is 5.92. The maximum absolute atomic E-state index is 14.2. The molecule has 2 aromatic heterocycles. The molecule has 0 amide bonds. The fourth-order valence-corrected chi connectivity index (χ4v) is 4.01. The third-order valence-corrected chi connectivity index (χ3v) is 5.65. The number of nitrogens with two attached hydrogens (primary N) is 1. The molecule has 172 valence electrons. The van der Waals surface area contributed by atoms with E-state index >= 15 is 0 Å². The van der Waals surface area contributed by atoms with Crippen LogP contribution in [0.1, 0.15) is 19.8 Å². The van der Waals surface area contributed by atoms with Gasteiger partial charge in [-0.05, 0) is 49.6 Å². The fraction of sp³-hybridized carbons (Fsp3) is 0.261. The molecular weight excluding hydrogens is 448 g/mol. The zero-order chi connectivity index (χ0) is 23.5. The molecule has 0 radical (unpaired) electrons. The van der Waals surface area contributed by atoms with Gasteiger partial charge in [-0.15, -0.1) is 5.10 Å². The number of halogens is 3. The summed E-state index contributed by atoms with van der Waals surface area (Å²) in [6.07, 6.45) is 6.10. The van der Waals surface area contributed by atoms with Gasteiger partial charge in [-0.2, -0.15) is 4.98 Å². The molecule has 0 spiro atoms. The number of pyridine rings is 1. The second kappa shape index (κ2) is 9.58. The summed E-state index contributed by atoms with van der Waals surface area (Å²) in [5, 5.41) is 7.69. The first kappa shape index (κ1) is 22.7. The van der Waals surface area contributed by atoms with Gasteiger partial charge >= 0.3 is 0 Å². The van der Waals surface area contributed by atoms with E-state index in [2.05, 4.69) is 31.9 Å². The van der Waals surface area contributed by atoms with E-state index in [1.54, 1.807) is 0 Å². The molecule has 3 N–H and O–H groups in total. The zero-order valence-electron chi connectivity index (χ0n) is 18.1. The van der Waals surface area contributed by atoms with Crippen molar-refractivity contribution in [1.29, 1.82) is 0 Å². The minimum Gasteiger partial charge on any atom is -0.390 e. The van der Waals surface area contributed by atoms with Gasteiger partial charge in [0.2, 0.25) is 5.95 Å². The van der Waals surface area contributed by atoms with E-state index in [0.717, 1.165) is 37.3 Å². The summed E-state index contributed by atoms with van der Waals surface area (Å²) in [5.74, 6) is 0.153. The van der Waals surface area contributed by atoms with Gasteiger partial charge in [0.15, 0.2) is 5.65 Å². The number of piperidine rings is 1. The standard InChI is InChI=1S/C23H24ClF2N7/c1-14(2)9-21(28-13-27)32-7-5-17(6-8-32)29-23-30-22-18(11-16(25)12-33(22)31-23)15-3-4-20(26)19(24)10-15/h3-4,9-13,17H,1,5-8H2,2H3,(H2,27,28)(H,29,31)/b21-9+. The molecule has 1 fully saturated rings. The summed E-state index contributed by atoms with van der Waals surface area (Å²) in [6.45, 7) is 7.36. The molecule has 10 heteroatoms. The van der Waals surface area contributed by atoms with Crippen molar-refractivity contribution >= 4 is 29.5 Å². The molecule has 1 aromatic carbocycles. The summed E-state index contributed by atoms with van der Waals surface area (Å²) < 4.78 is 29.2. The van der Waals surface area contributed by atoms with Gasteiger partial charge in [-0.25, -0.2) is 18.3 Å². The van der Waals surface area contributed by atoms with Gasteiger partial charge in [0.25, 0.3) is 0 Å². The molecule has 0 saturated carbocycles. The Balaban J connectivity index is 1.52. The van der Waals surface area contributed by atoms with Crippen LogP contribution in [-0.4, -0.2) is 45.0 Å². The van der Waals surface area contributed by atoms with Gasteiger partial charge in [0.05, 0.1) is 17.6 Å². The number of rotatable bonds is 6. The van der Waals surface area contributed by atoms with Crippen molar-refractivity contribution in [2.75, 3.05) is 18.4 Å². The Morgan fingerprint density at radius 3 is 2.73 bits per heavy atom. The Morgan fingerprint density at radius 2 is 2.06 bits per heavy atom. The second-order valence-corrected chi connectivity index (χ2v) is 8.34. The van der Waals surface area contributed by atoms with Crippen LogP contribution >= 0.6 is 11.6 Å². The Morgan fingerprint density at radius 1 is 1.30 bits per heavy atom. The molecule has 7 nitrogen and oxygen atoms in total. The Labute approximate surface area is 195 Å². The molecule has 3 aromatic rings. The van der Waals surface area contributed by atoms with Gasteiger partial charge in [-0.1, -0.05) is 29.8 Å². The molecule has 0 bridgehead atoms. The molecule has 1 aliphatic heterocycles. The minimum absolute atomic E-state index is 0.0430. The number of nitrogens with one attached hydrogen (secondary N) is 1. The summed E-state index contributed by atoms with van der Waals surface area (Å²) in [7, 11) is 0. The SMILES string of the molecule is C=C(C)/C=C(\N=CN)N1CCC(Nc2nc3c(-c4ccc(F)c(Cl)c4)cc(F)cn3n2)CC1. The van der Waals surface area contributed by atoms with Crippen LogP contribution < -0.4 is 11.1 Å². The van der Waals surface area contributed by atoms with Crippen LogP contribution in [0.5, 0.6) is 0 Å². The lowest BCUT2D eigenvalue weighted by molar-refractivity contribution is 0.269. The number of hydrogen-bond acceptors (Lipinski definition) is 5. The molecule has 0 aliphatic carbocycles. The van der Waals surface area contributed by atoms with Crippen LogP contribution in [0.25, 0.3) is 16.8 Å². The van der Waals surface area contributed by atoms with Crippen molar-refractivity contribution in [2.24, 2.45) is 10.7 Å². The van der Waals surface area contributed by atoms with Crippen molar-refractivity contribution in [2.45, 2.75) is 25.8 Å². The van der Waals surface area contributed by atoms with Crippen LogP contribution in [-0.2, 0) is 0 Å². The highest BCUT2D eigenvalue weighted by molar-refractivity contribution is 6.31. The molecule has 33 heavy (non-hydrogen) atoms. The first-order valence-electron chi connectivity index (χ1n) is 10.5. The molecule has 1 aliphatic rings. The van der Waals surface area contributed by atoms with Crippen LogP contribution in [0.3, 0.4) is 0 Å². The Bertz CT molecular complexity index is 1240. The number of hydrogen-bond donors (Lipinski definition) is 2. The van der Waals surface area contributed by atoms with E-state index in [9.17, 15) is 8.78 Å². The smallest absolute Gasteiger partial charge is 0.243 e. The van der Waals surface area contributed by atoms with E-state index in [1.165, 1.54) is 41.3 Å². The van der Waals surface area contributed by atoms with Gasteiger partial charge in [0, 0.05) is 24.7 Å². The highest BCUT2D eigenvalue weighted by atomic mass is 35.5. The van der Waals surface area contributed by atoms with E-state index < -0.39 is 11.6 Å². The lowest BCUT2D eigenvalue weighted by atomic mass is 10.1. The molecule has 0 atom stereocenters. The summed E-state index contributed by atoms with van der Waals surface area (Å²) in [6, 6.07) is 5.70. The zero-order valence-corrected chi connectivity index (χ0v) is 18.9. The van der Waals surface area contributed by atoms with Crippen molar-refractivity contribution in [3.8, 4) is 11.1 Å². The fourth-order valence-electron chi connectivity index (χ4n) is 3.83. The van der Waals surface area contributed by atoms with Crippen LogP contribution in [0.15, 0.2) is 59.5 Å². The number of fused-ring (bicyclic) bond motifs is 1. The maximum atomic E-state index is 14.2. The normalized spacial score (nSPS) is 15.5. The highest BCUT2D eigenvalue weighted by Crippen LogP contribution is 2.29. The van der Waals surface area contributed by atoms with Crippen molar-refractivity contribution in [3.63, 3.8) is 0 Å². The number of aliphatic imine (C=N–C) groups is 1. The predicted molar refractivity (Wildman–Crippen MR) is 127 cm³/mol. The first-order valence-corrected chi connectivity index (χ1v) is 10.9. The molecule has 1 saturated heterocycles. The third-order valence-electron chi connectivity index (χ3n) is 5.37. The van der Waals surface area contributed by atoms with E-state index in [1.807, 2.05) is 13.0 Å². The van der Waals surface area contributed by atoms with Gasteiger partial charge in [-0.3, -0.25) is 0 Å². The lowest BCUT2D eigenvalue weighted by Crippen LogP contribution is -2.38. The highest BCUT2D eigenvalue weighted by Gasteiger charge is 2.22. The predicted octanol–water partition coefficient (Wildman–Crippen LogP) is 4.61. The molecule has 0 unspecified atom stereocenters. The van der Waals surface area contributed by atoms with E-state index in [-0.39, 0.29) is 11.1 Å². The van der Waals surface area contributed by atoms with Crippen molar-refractivity contribution in [3.05, 3.63) is 71.2 Å². The Kier molecular flexibility index (Phi) is 6.60. The van der Waals surface area contributed by atoms with Gasteiger partial charge < -0.3 is 16.0 Å². The van der Waals surface area contributed by atoms with Crippen LogP contribution in [0.2, 0.25) is 5.02 Å². The average molecular weight is 472 g/mol. The van der Waals surface area contributed by atoms with Crippen molar-refractivity contribution in [1.82, 2.24) is 19.5 Å². The van der Waals surface area contributed by atoms with Crippen LogP contribution in [0.4, 0.5) is 14.7 Å². The quantitative estimate of drug-likeness (QED) is 0.311. The van der Waals surface area contributed by atoms with E-state index in [0.29, 0.717) is 22.7 Å². The monoisotopic (exact) mass is 471 g/mol. The largest absolute Gasteiger partial charge is 0.390 e. The number of benzene rings is 1. The number of aromatic nitrogens is 3. The summed E-state index contributed by atoms with van der Waals surface area (Å²) in [5.41, 5.74) is 7.86. The number of nitrogens with zero attached hydrogens (tertiary/aromatic N) is 5. The van der Waals surface area contributed by atoms with Gasteiger partial charge in [0.1, 0.15) is 17.5 Å². The second-order valence-electron chi connectivity index (χ2n) is 7.94. The topological polar surface area (TPSA) is 83.8 Å². The number of allylic oxidation sites excluding steroid dienone is 2. The summed E-state index contributed by atoms with van der Waals surface area (Å²) in [4.78, 5) is 11.0. The lowest BCUT2D eigenvalue weighted by Gasteiger charge is -2.33. The van der Waals surface area contributed by atoms with Crippen molar-refractivity contribution < 1.29 is 8.78 Å².